The van der Waals surface area contributed by atoms with E-state index in [0.29, 0.717) is 0 Å². The Labute approximate surface area is 166 Å². The highest BCUT2D eigenvalue weighted by molar-refractivity contribution is 6.00. The average Bonchev–Trinajstić information content (AvgIpc) is 3.16. The maximum absolute atomic E-state index is 4.10. The summed E-state index contributed by atoms with van der Waals surface area (Å²) >= 11 is 0. The fourth-order valence-electron chi connectivity index (χ4n) is 4.80. The highest BCUT2D eigenvalue weighted by atomic mass is 15.0. The van der Waals surface area contributed by atoms with Crippen molar-refractivity contribution in [2.75, 3.05) is 0 Å². The fraction of sp³-hybridized carbons (Fsp3) is 0.111. The molecule has 5 rings (SSSR count). The van der Waals surface area contributed by atoms with Gasteiger partial charge in [0, 0.05) is 22.1 Å². The van der Waals surface area contributed by atoms with Crippen molar-refractivity contribution in [3.63, 3.8) is 0 Å². The Bertz CT molecular complexity index is 1250. The second kappa shape index (κ2) is 5.84. The van der Waals surface area contributed by atoms with E-state index < -0.39 is 0 Å². The molecular formula is C27H23N. The molecule has 0 saturated carbocycles. The monoisotopic (exact) mass is 361 g/mol. The van der Waals surface area contributed by atoms with Crippen LogP contribution >= 0.6 is 0 Å². The molecule has 0 aliphatic heterocycles. The lowest BCUT2D eigenvalue weighted by Crippen LogP contribution is -2.15. The second-order valence-corrected chi connectivity index (χ2v) is 7.96. The lowest BCUT2D eigenvalue weighted by Gasteiger charge is -2.21. The van der Waals surface area contributed by atoms with Crippen molar-refractivity contribution in [3.8, 4) is 16.8 Å². The molecule has 0 spiro atoms. The number of nitrogens with zero attached hydrogens (tertiary/aromatic N) is 1. The van der Waals surface area contributed by atoms with Crippen LogP contribution in [0, 0.1) is 0 Å². The highest BCUT2D eigenvalue weighted by Gasteiger charge is 2.36. The zero-order chi connectivity index (χ0) is 19.5. The minimum absolute atomic E-state index is 0.0193. The maximum atomic E-state index is 4.10. The van der Waals surface area contributed by atoms with Crippen LogP contribution in [0.5, 0.6) is 0 Å². The van der Waals surface area contributed by atoms with Crippen LogP contribution in [0.25, 0.3) is 39.9 Å². The second-order valence-electron chi connectivity index (χ2n) is 7.96. The summed E-state index contributed by atoms with van der Waals surface area (Å²) in [5.41, 5.74) is 10.00. The van der Waals surface area contributed by atoms with Gasteiger partial charge in [-0.3, -0.25) is 0 Å². The van der Waals surface area contributed by atoms with E-state index in [1.807, 2.05) is 12.2 Å². The molecule has 1 heteroatoms. The molecule has 0 fully saturated rings. The standard InChI is InChI=1S/C27H23N/c1-5-19-22-16-21-20-14-10-11-15-23(20)27(3,4)24(21)17-26(22)28(25(19)6-2)18-12-8-7-9-13-18/h5-17H,1-2H2,3-4H3. The number of para-hydroxylation sites is 1. The Hall–Kier alpha value is -3.32. The zero-order valence-corrected chi connectivity index (χ0v) is 16.4. The largest absolute Gasteiger partial charge is 0.309 e. The molecule has 1 aromatic heterocycles. The van der Waals surface area contributed by atoms with E-state index in [-0.39, 0.29) is 5.41 Å². The van der Waals surface area contributed by atoms with Crippen molar-refractivity contribution < 1.29 is 0 Å². The van der Waals surface area contributed by atoms with Crippen molar-refractivity contribution in [1.29, 1.82) is 0 Å². The van der Waals surface area contributed by atoms with Crippen LogP contribution in [0.1, 0.15) is 36.2 Å². The smallest absolute Gasteiger partial charge is 0.0544 e. The first-order valence-corrected chi connectivity index (χ1v) is 9.71. The molecule has 1 aliphatic carbocycles. The summed E-state index contributed by atoms with van der Waals surface area (Å²) in [4.78, 5) is 0. The fourth-order valence-corrected chi connectivity index (χ4v) is 4.80. The van der Waals surface area contributed by atoms with Gasteiger partial charge in [0.1, 0.15) is 0 Å². The molecule has 1 aliphatic rings. The molecule has 0 unspecified atom stereocenters. The molecule has 0 bridgehead atoms. The van der Waals surface area contributed by atoms with E-state index in [0.717, 1.165) is 16.9 Å². The predicted octanol–water partition coefficient (Wildman–Crippen LogP) is 7.22. The lowest BCUT2D eigenvalue weighted by molar-refractivity contribution is 0.661. The number of benzene rings is 3. The van der Waals surface area contributed by atoms with E-state index in [4.69, 9.17) is 0 Å². The van der Waals surface area contributed by atoms with Crippen LogP contribution in [0.2, 0.25) is 0 Å². The van der Waals surface area contributed by atoms with E-state index in [1.54, 1.807) is 0 Å². The number of aromatic nitrogens is 1. The van der Waals surface area contributed by atoms with Gasteiger partial charge in [0.05, 0.1) is 11.2 Å². The van der Waals surface area contributed by atoms with Crippen molar-refractivity contribution in [1.82, 2.24) is 4.57 Å². The lowest BCUT2D eigenvalue weighted by atomic mass is 9.82. The van der Waals surface area contributed by atoms with Crippen LogP contribution in [-0.2, 0) is 5.41 Å². The van der Waals surface area contributed by atoms with E-state index in [1.165, 1.54) is 33.2 Å². The number of hydrogen-bond acceptors (Lipinski definition) is 0. The third-order valence-corrected chi connectivity index (χ3v) is 6.16. The average molecular weight is 361 g/mol. The quantitative estimate of drug-likeness (QED) is 0.363. The van der Waals surface area contributed by atoms with Gasteiger partial charge in [-0.15, -0.1) is 0 Å². The van der Waals surface area contributed by atoms with Gasteiger partial charge in [-0.1, -0.05) is 75.5 Å². The van der Waals surface area contributed by atoms with Gasteiger partial charge in [0.15, 0.2) is 0 Å². The maximum Gasteiger partial charge on any atom is 0.0544 e. The highest BCUT2D eigenvalue weighted by Crippen LogP contribution is 2.50. The Balaban J connectivity index is 1.94. The molecule has 28 heavy (non-hydrogen) atoms. The van der Waals surface area contributed by atoms with E-state index >= 15 is 0 Å². The molecule has 0 N–H and O–H groups in total. The molecule has 3 aromatic carbocycles. The number of fused-ring (bicyclic) bond motifs is 4. The summed E-state index contributed by atoms with van der Waals surface area (Å²) in [6.45, 7) is 12.8. The minimum Gasteiger partial charge on any atom is -0.309 e. The van der Waals surface area contributed by atoms with Crippen LogP contribution in [0.4, 0.5) is 0 Å². The van der Waals surface area contributed by atoms with Crippen molar-refractivity contribution in [3.05, 3.63) is 102 Å². The molecule has 0 saturated heterocycles. The first-order valence-electron chi connectivity index (χ1n) is 9.71. The van der Waals surface area contributed by atoms with E-state index in [2.05, 4.69) is 98.3 Å². The first-order chi connectivity index (χ1) is 13.6. The summed E-state index contributed by atoms with van der Waals surface area (Å²) in [5, 5.41) is 1.22. The van der Waals surface area contributed by atoms with Gasteiger partial charge in [-0.2, -0.15) is 0 Å². The van der Waals surface area contributed by atoms with Crippen molar-refractivity contribution in [2.24, 2.45) is 0 Å². The Morgan fingerprint density at radius 3 is 2.21 bits per heavy atom. The summed E-state index contributed by atoms with van der Waals surface area (Å²) in [6.07, 6.45) is 3.89. The topological polar surface area (TPSA) is 4.93 Å². The molecule has 0 atom stereocenters. The first kappa shape index (κ1) is 16.8. The molecule has 0 amide bonds. The SMILES string of the molecule is C=Cc1c(C=C)n(-c2ccccc2)c2cc3c(cc12)-c1ccccc1C3(C)C. The summed E-state index contributed by atoms with van der Waals surface area (Å²) in [7, 11) is 0. The Morgan fingerprint density at radius 1 is 0.786 bits per heavy atom. The summed E-state index contributed by atoms with van der Waals surface area (Å²) in [5.74, 6) is 0. The van der Waals surface area contributed by atoms with Crippen LogP contribution in [0.15, 0.2) is 79.9 Å². The summed E-state index contributed by atoms with van der Waals surface area (Å²) in [6, 6.07) is 24.0. The Kier molecular flexibility index (Phi) is 3.51. The van der Waals surface area contributed by atoms with Gasteiger partial charge in [0.2, 0.25) is 0 Å². The van der Waals surface area contributed by atoms with Crippen LogP contribution in [0.3, 0.4) is 0 Å². The molecule has 136 valence electrons. The number of rotatable bonds is 3. The van der Waals surface area contributed by atoms with Crippen molar-refractivity contribution >= 4 is 23.1 Å². The van der Waals surface area contributed by atoms with Gasteiger partial charge in [-0.25, -0.2) is 0 Å². The number of hydrogen-bond donors (Lipinski definition) is 0. The van der Waals surface area contributed by atoms with E-state index in [9.17, 15) is 0 Å². The molecule has 1 nitrogen and oxygen atoms in total. The summed E-state index contributed by atoms with van der Waals surface area (Å²) < 4.78 is 2.30. The van der Waals surface area contributed by atoms with Crippen LogP contribution in [-0.4, -0.2) is 4.57 Å². The van der Waals surface area contributed by atoms with Gasteiger partial charge in [-0.05, 0) is 52.6 Å². The third-order valence-electron chi connectivity index (χ3n) is 6.16. The van der Waals surface area contributed by atoms with Crippen molar-refractivity contribution in [2.45, 2.75) is 19.3 Å². The zero-order valence-electron chi connectivity index (χ0n) is 16.4. The minimum atomic E-state index is -0.0193. The van der Waals surface area contributed by atoms with Gasteiger partial charge < -0.3 is 4.57 Å². The molecule has 0 radical (unpaired) electrons. The predicted molar refractivity (Wildman–Crippen MR) is 121 cm³/mol. The molecular weight excluding hydrogens is 338 g/mol. The van der Waals surface area contributed by atoms with Gasteiger partial charge >= 0.3 is 0 Å². The van der Waals surface area contributed by atoms with Crippen LogP contribution < -0.4 is 0 Å². The Morgan fingerprint density at radius 2 is 1.50 bits per heavy atom. The third kappa shape index (κ3) is 2.07. The molecule has 1 heterocycles. The molecule has 4 aromatic rings. The normalized spacial score (nSPS) is 13.9. The van der Waals surface area contributed by atoms with Gasteiger partial charge in [0.25, 0.3) is 0 Å².